The summed E-state index contributed by atoms with van der Waals surface area (Å²) in [6.07, 6.45) is 4.69. The van der Waals surface area contributed by atoms with E-state index in [1.165, 1.54) is 5.39 Å². The van der Waals surface area contributed by atoms with Gasteiger partial charge in [-0.25, -0.2) is 0 Å². The van der Waals surface area contributed by atoms with E-state index in [1.54, 1.807) is 0 Å². The quantitative estimate of drug-likeness (QED) is 0.883. The lowest BCUT2D eigenvalue weighted by Crippen LogP contribution is -2.40. The molecule has 0 bridgehead atoms. The monoisotopic (exact) mass is 256 g/mol. The molecule has 0 aliphatic heterocycles. The molecule has 0 amide bonds. The average molecular weight is 256 g/mol. The number of fused-ring (bicyclic) bond motifs is 1. The van der Waals surface area contributed by atoms with Gasteiger partial charge in [-0.3, -0.25) is 4.98 Å². The lowest BCUT2D eigenvalue weighted by Gasteiger charge is -2.38. The maximum atomic E-state index is 9.46. The fourth-order valence-corrected chi connectivity index (χ4v) is 2.93. The smallest absolute Gasteiger partial charge is 0.0722 e. The number of nitrogens with zero attached hydrogens (tertiary/aromatic N) is 1. The first-order chi connectivity index (χ1) is 9.28. The summed E-state index contributed by atoms with van der Waals surface area (Å²) in [7, 11) is 0. The molecule has 1 saturated carbocycles. The predicted molar refractivity (Wildman–Crippen MR) is 78.2 cm³/mol. The standard InChI is InChI=1S/C16H20N2O/c1-2-14(11-9-12(19)10-11)18-16-7-8-17-15-6-4-3-5-13(15)16/h3-8,11-12,14,19H,2,9-10H2,1H3,(H,17,18). The maximum Gasteiger partial charge on any atom is 0.0722 e. The Kier molecular flexibility index (Phi) is 3.38. The number of hydrogen-bond acceptors (Lipinski definition) is 3. The Hall–Kier alpha value is -1.61. The van der Waals surface area contributed by atoms with E-state index in [2.05, 4.69) is 23.3 Å². The number of hydrogen-bond donors (Lipinski definition) is 2. The third-order valence-electron chi connectivity index (χ3n) is 4.15. The van der Waals surface area contributed by atoms with E-state index < -0.39 is 0 Å². The lowest BCUT2D eigenvalue weighted by atomic mass is 9.76. The molecule has 1 aromatic carbocycles. The maximum absolute atomic E-state index is 9.46. The van der Waals surface area contributed by atoms with Gasteiger partial charge in [-0.15, -0.1) is 0 Å². The van der Waals surface area contributed by atoms with Crippen molar-refractivity contribution in [2.24, 2.45) is 5.92 Å². The van der Waals surface area contributed by atoms with Crippen molar-refractivity contribution in [3.05, 3.63) is 36.5 Å². The van der Waals surface area contributed by atoms with Crippen LogP contribution in [0.5, 0.6) is 0 Å². The van der Waals surface area contributed by atoms with Crippen molar-refractivity contribution in [1.82, 2.24) is 4.98 Å². The van der Waals surface area contributed by atoms with Gasteiger partial charge >= 0.3 is 0 Å². The fourth-order valence-electron chi connectivity index (χ4n) is 2.93. The summed E-state index contributed by atoms with van der Waals surface area (Å²) in [6.45, 7) is 2.20. The van der Waals surface area contributed by atoms with Crippen molar-refractivity contribution >= 4 is 16.6 Å². The normalized spacial score (nSPS) is 23.9. The minimum Gasteiger partial charge on any atom is -0.393 e. The summed E-state index contributed by atoms with van der Waals surface area (Å²) < 4.78 is 0. The molecule has 3 nitrogen and oxygen atoms in total. The number of aromatic nitrogens is 1. The van der Waals surface area contributed by atoms with Crippen molar-refractivity contribution in [3.63, 3.8) is 0 Å². The third-order valence-corrected chi connectivity index (χ3v) is 4.15. The number of aliphatic hydroxyl groups is 1. The van der Waals surface area contributed by atoms with Crippen LogP contribution in [-0.2, 0) is 0 Å². The Labute approximate surface area is 113 Å². The van der Waals surface area contributed by atoms with Crippen molar-refractivity contribution < 1.29 is 5.11 Å². The Bertz CT molecular complexity index is 558. The first-order valence-corrected chi connectivity index (χ1v) is 7.06. The van der Waals surface area contributed by atoms with Crippen LogP contribution < -0.4 is 5.32 Å². The molecule has 19 heavy (non-hydrogen) atoms. The zero-order valence-corrected chi connectivity index (χ0v) is 11.2. The molecule has 2 aromatic rings. The van der Waals surface area contributed by atoms with E-state index in [4.69, 9.17) is 0 Å². The predicted octanol–water partition coefficient (Wildman–Crippen LogP) is 3.20. The molecule has 1 atom stereocenters. The van der Waals surface area contributed by atoms with Gasteiger partial charge in [0.2, 0.25) is 0 Å². The number of rotatable bonds is 4. The molecule has 3 rings (SSSR count). The first kappa shape index (κ1) is 12.4. The van der Waals surface area contributed by atoms with Crippen LogP contribution in [0, 0.1) is 5.92 Å². The molecule has 1 heterocycles. The Morgan fingerprint density at radius 2 is 2.11 bits per heavy atom. The van der Waals surface area contributed by atoms with Crippen LogP contribution in [0.4, 0.5) is 5.69 Å². The van der Waals surface area contributed by atoms with Crippen LogP contribution >= 0.6 is 0 Å². The molecule has 0 saturated heterocycles. The summed E-state index contributed by atoms with van der Waals surface area (Å²) in [6, 6.07) is 10.7. The van der Waals surface area contributed by atoms with Crippen molar-refractivity contribution in [3.8, 4) is 0 Å². The summed E-state index contributed by atoms with van der Waals surface area (Å²) >= 11 is 0. The molecule has 1 aromatic heterocycles. The Balaban J connectivity index is 1.84. The highest BCUT2D eigenvalue weighted by molar-refractivity contribution is 5.90. The largest absolute Gasteiger partial charge is 0.393 e. The van der Waals surface area contributed by atoms with Gasteiger partial charge in [0, 0.05) is 23.3 Å². The average Bonchev–Trinajstić information content (AvgIpc) is 2.42. The van der Waals surface area contributed by atoms with Gasteiger partial charge in [-0.1, -0.05) is 25.1 Å². The highest BCUT2D eigenvalue weighted by Crippen LogP contribution is 2.34. The molecule has 0 radical (unpaired) electrons. The first-order valence-electron chi connectivity index (χ1n) is 7.06. The number of benzene rings is 1. The van der Waals surface area contributed by atoms with E-state index >= 15 is 0 Å². The van der Waals surface area contributed by atoms with Crippen molar-refractivity contribution in [2.75, 3.05) is 5.32 Å². The fraction of sp³-hybridized carbons (Fsp3) is 0.438. The van der Waals surface area contributed by atoms with Crippen LogP contribution in [0.1, 0.15) is 26.2 Å². The second-order valence-corrected chi connectivity index (χ2v) is 5.42. The third kappa shape index (κ3) is 2.43. The van der Waals surface area contributed by atoms with E-state index in [0.29, 0.717) is 12.0 Å². The minimum atomic E-state index is -0.0879. The molecule has 1 unspecified atom stereocenters. The van der Waals surface area contributed by atoms with Crippen LogP contribution in [0.25, 0.3) is 10.9 Å². The molecule has 1 fully saturated rings. The molecule has 0 spiro atoms. The molecule has 2 N–H and O–H groups in total. The van der Waals surface area contributed by atoms with Gasteiger partial charge in [0.1, 0.15) is 0 Å². The van der Waals surface area contributed by atoms with Gasteiger partial charge in [0.15, 0.2) is 0 Å². The van der Waals surface area contributed by atoms with Gasteiger partial charge in [-0.05, 0) is 37.3 Å². The molecule has 1 aliphatic carbocycles. The van der Waals surface area contributed by atoms with Crippen LogP contribution in [0.2, 0.25) is 0 Å². The van der Waals surface area contributed by atoms with Gasteiger partial charge in [0.25, 0.3) is 0 Å². The lowest BCUT2D eigenvalue weighted by molar-refractivity contribution is 0.0337. The summed E-state index contributed by atoms with van der Waals surface area (Å²) in [4.78, 5) is 4.39. The number of anilines is 1. The van der Waals surface area contributed by atoms with E-state index in [-0.39, 0.29) is 6.10 Å². The molecule has 100 valence electrons. The Morgan fingerprint density at radius 3 is 2.84 bits per heavy atom. The van der Waals surface area contributed by atoms with Crippen molar-refractivity contribution in [2.45, 2.75) is 38.3 Å². The van der Waals surface area contributed by atoms with E-state index in [0.717, 1.165) is 30.5 Å². The van der Waals surface area contributed by atoms with Gasteiger partial charge < -0.3 is 10.4 Å². The molecule has 3 heteroatoms. The van der Waals surface area contributed by atoms with Gasteiger partial charge in [-0.2, -0.15) is 0 Å². The number of aliphatic hydroxyl groups excluding tert-OH is 1. The second kappa shape index (κ2) is 5.17. The Morgan fingerprint density at radius 1 is 1.32 bits per heavy atom. The summed E-state index contributed by atoms with van der Waals surface area (Å²) in [5.41, 5.74) is 2.18. The summed E-state index contributed by atoms with van der Waals surface area (Å²) in [5, 5.41) is 14.3. The highest BCUT2D eigenvalue weighted by Gasteiger charge is 2.33. The molecular weight excluding hydrogens is 236 g/mol. The highest BCUT2D eigenvalue weighted by atomic mass is 16.3. The number of pyridine rings is 1. The zero-order chi connectivity index (χ0) is 13.2. The van der Waals surface area contributed by atoms with Crippen LogP contribution in [0.3, 0.4) is 0 Å². The molecular formula is C16H20N2O. The van der Waals surface area contributed by atoms with Gasteiger partial charge in [0.05, 0.1) is 11.6 Å². The van der Waals surface area contributed by atoms with Crippen LogP contribution in [-0.4, -0.2) is 22.2 Å². The van der Waals surface area contributed by atoms with Crippen molar-refractivity contribution in [1.29, 1.82) is 0 Å². The van der Waals surface area contributed by atoms with Crippen LogP contribution in [0.15, 0.2) is 36.5 Å². The topological polar surface area (TPSA) is 45.2 Å². The number of para-hydroxylation sites is 1. The summed E-state index contributed by atoms with van der Waals surface area (Å²) in [5.74, 6) is 0.590. The molecule has 1 aliphatic rings. The van der Waals surface area contributed by atoms with E-state index in [1.807, 2.05) is 30.5 Å². The van der Waals surface area contributed by atoms with E-state index in [9.17, 15) is 5.11 Å². The number of nitrogens with one attached hydrogen (secondary N) is 1. The second-order valence-electron chi connectivity index (χ2n) is 5.42. The minimum absolute atomic E-state index is 0.0879. The zero-order valence-electron chi connectivity index (χ0n) is 11.2. The SMILES string of the molecule is CCC(Nc1ccnc2ccccc12)C1CC(O)C1.